The van der Waals surface area contributed by atoms with E-state index >= 15 is 0 Å². The first-order valence-electron chi connectivity index (χ1n) is 6.82. The summed E-state index contributed by atoms with van der Waals surface area (Å²) in [7, 11) is 0. The standard InChI is InChI=1S/C14H18N4O2/c1-2-17-8-4-6-12(10-17)16-13-7-3-5-11(9-15)14(13)18(19)20/h3,5,7,12,16H,2,4,6,8,10H2,1H3. The van der Waals surface area contributed by atoms with Crippen LogP contribution in [0.4, 0.5) is 11.4 Å². The Bertz CT molecular complexity index is 538. The number of likely N-dealkylation sites (tertiary alicyclic amines) is 1. The van der Waals surface area contributed by atoms with Gasteiger partial charge in [-0.05, 0) is 38.1 Å². The molecule has 1 fully saturated rings. The number of nitriles is 1. The molecule has 1 atom stereocenters. The van der Waals surface area contributed by atoms with Crippen molar-refractivity contribution in [2.24, 2.45) is 0 Å². The molecule has 1 heterocycles. The SMILES string of the molecule is CCN1CCCC(Nc2cccc(C#N)c2[N+](=O)[O-])C1. The van der Waals surface area contributed by atoms with Gasteiger partial charge in [0.1, 0.15) is 17.3 Å². The number of hydrogen-bond acceptors (Lipinski definition) is 5. The first-order chi connectivity index (χ1) is 9.65. The zero-order chi connectivity index (χ0) is 14.5. The van der Waals surface area contributed by atoms with E-state index in [-0.39, 0.29) is 17.3 Å². The summed E-state index contributed by atoms with van der Waals surface area (Å²) in [6.07, 6.45) is 2.07. The van der Waals surface area contributed by atoms with Crippen molar-refractivity contribution >= 4 is 11.4 Å². The number of benzene rings is 1. The van der Waals surface area contributed by atoms with Crippen LogP contribution in [0.25, 0.3) is 0 Å². The quantitative estimate of drug-likeness (QED) is 0.673. The highest BCUT2D eigenvalue weighted by Gasteiger charge is 2.24. The summed E-state index contributed by atoms with van der Waals surface area (Å²) in [4.78, 5) is 13.0. The van der Waals surface area contributed by atoms with Crippen molar-refractivity contribution in [1.29, 1.82) is 5.26 Å². The molecule has 0 aliphatic carbocycles. The molecule has 1 aliphatic rings. The Morgan fingerprint density at radius 1 is 1.60 bits per heavy atom. The molecule has 0 spiro atoms. The second-order valence-corrected chi connectivity index (χ2v) is 4.95. The Hall–Kier alpha value is -2.13. The Labute approximate surface area is 118 Å². The monoisotopic (exact) mass is 274 g/mol. The van der Waals surface area contributed by atoms with Crippen LogP contribution in [0, 0.1) is 21.4 Å². The minimum atomic E-state index is -0.485. The second kappa shape index (κ2) is 6.35. The number of rotatable bonds is 4. The smallest absolute Gasteiger partial charge is 0.309 e. The lowest BCUT2D eigenvalue weighted by Gasteiger charge is -2.32. The van der Waals surface area contributed by atoms with Crippen LogP contribution in [0.3, 0.4) is 0 Å². The molecule has 1 saturated heterocycles. The molecular weight excluding hydrogens is 256 g/mol. The van der Waals surface area contributed by atoms with Crippen LogP contribution in [0.5, 0.6) is 0 Å². The van der Waals surface area contributed by atoms with Gasteiger partial charge in [0.15, 0.2) is 0 Å². The summed E-state index contributed by atoms with van der Waals surface area (Å²) in [5.41, 5.74) is 0.420. The molecule has 1 unspecified atom stereocenters. The van der Waals surface area contributed by atoms with E-state index in [0.717, 1.165) is 32.5 Å². The van der Waals surface area contributed by atoms with E-state index in [2.05, 4.69) is 17.1 Å². The molecule has 0 radical (unpaired) electrons. The number of nitrogens with zero attached hydrogens (tertiary/aromatic N) is 3. The van der Waals surface area contributed by atoms with Gasteiger partial charge < -0.3 is 10.2 Å². The minimum absolute atomic E-state index is 0.100. The maximum absolute atomic E-state index is 11.2. The van der Waals surface area contributed by atoms with E-state index in [9.17, 15) is 10.1 Å². The molecule has 1 aliphatic heterocycles. The number of piperidine rings is 1. The fraction of sp³-hybridized carbons (Fsp3) is 0.500. The highest BCUT2D eigenvalue weighted by Crippen LogP contribution is 2.29. The van der Waals surface area contributed by atoms with Crippen molar-refractivity contribution < 1.29 is 4.92 Å². The summed E-state index contributed by atoms with van der Waals surface area (Å²) in [6, 6.07) is 6.89. The zero-order valence-corrected chi connectivity index (χ0v) is 11.5. The molecule has 1 aromatic carbocycles. The van der Waals surface area contributed by atoms with Gasteiger partial charge in [-0.1, -0.05) is 13.0 Å². The average molecular weight is 274 g/mol. The summed E-state index contributed by atoms with van der Waals surface area (Å²) >= 11 is 0. The highest BCUT2D eigenvalue weighted by molar-refractivity contribution is 5.68. The maximum Gasteiger partial charge on any atom is 0.309 e. The van der Waals surface area contributed by atoms with Gasteiger partial charge in [-0.2, -0.15) is 5.26 Å². The predicted molar refractivity (Wildman–Crippen MR) is 76.6 cm³/mol. The fourth-order valence-electron chi connectivity index (χ4n) is 2.63. The van der Waals surface area contributed by atoms with Gasteiger partial charge in [0.25, 0.3) is 0 Å². The molecule has 1 aromatic rings. The molecule has 6 nitrogen and oxygen atoms in total. The molecule has 106 valence electrons. The number of hydrogen-bond donors (Lipinski definition) is 1. The third-order valence-corrected chi connectivity index (χ3v) is 3.65. The lowest BCUT2D eigenvalue weighted by atomic mass is 10.0. The molecule has 0 bridgehead atoms. The van der Waals surface area contributed by atoms with E-state index in [1.165, 1.54) is 6.07 Å². The topological polar surface area (TPSA) is 82.2 Å². The zero-order valence-electron chi connectivity index (χ0n) is 11.5. The molecule has 20 heavy (non-hydrogen) atoms. The number of nitrogens with one attached hydrogen (secondary N) is 1. The Balaban J connectivity index is 2.21. The minimum Gasteiger partial charge on any atom is -0.375 e. The lowest BCUT2D eigenvalue weighted by Crippen LogP contribution is -2.41. The van der Waals surface area contributed by atoms with Crippen LogP contribution in [-0.4, -0.2) is 35.5 Å². The van der Waals surface area contributed by atoms with Crippen molar-refractivity contribution in [1.82, 2.24) is 4.90 Å². The summed E-state index contributed by atoms with van der Waals surface area (Å²) in [5.74, 6) is 0. The number of anilines is 1. The summed E-state index contributed by atoms with van der Waals surface area (Å²) < 4.78 is 0. The molecule has 2 rings (SSSR count). The van der Waals surface area contributed by atoms with E-state index in [4.69, 9.17) is 5.26 Å². The molecule has 1 N–H and O–H groups in total. The van der Waals surface area contributed by atoms with Crippen LogP contribution in [0.2, 0.25) is 0 Å². The number of likely N-dealkylation sites (N-methyl/N-ethyl adjacent to an activating group) is 1. The van der Waals surface area contributed by atoms with Crippen LogP contribution in [0.1, 0.15) is 25.3 Å². The number of nitro benzene ring substituents is 1. The molecule has 0 aromatic heterocycles. The third kappa shape index (κ3) is 3.06. The lowest BCUT2D eigenvalue weighted by molar-refractivity contribution is -0.384. The van der Waals surface area contributed by atoms with Crippen LogP contribution < -0.4 is 5.32 Å². The van der Waals surface area contributed by atoms with Crippen molar-refractivity contribution in [3.63, 3.8) is 0 Å². The van der Waals surface area contributed by atoms with Gasteiger partial charge in [-0.15, -0.1) is 0 Å². The van der Waals surface area contributed by atoms with Crippen molar-refractivity contribution in [2.75, 3.05) is 25.0 Å². The van der Waals surface area contributed by atoms with Gasteiger partial charge >= 0.3 is 5.69 Å². The van der Waals surface area contributed by atoms with Gasteiger partial charge in [0.2, 0.25) is 0 Å². The predicted octanol–water partition coefficient (Wildman–Crippen LogP) is 2.36. The Kier molecular flexibility index (Phi) is 4.53. The van der Waals surface area contributed by atoms with Gasteiger partial charge in [0, 0.05) is 12.6 Å². The largest absolute Gasteiger partial charge is 0.375 e. The van der Waals surface area contributed by atoms with Gasteiger partial charge in [-0.3, -0.25) is 10.1 Å². The number of para-hydroxylation sites is 1. The van der Waals surface area contributed by atoms with E-state index in [1.54, 1.807) is 12.1 Å². The second-order valence-electron chi connectivity index (χ2n) is 4.95. The molecular formula is C14H18N4O2. The first-order valence-corrected chi connectivity index (χ1v) is 6.82. The Morgan fingerprint density at radius 3 is 3.05 bits per heavy atom. The summed E-state index contributed by atoms with van der Waals surface area (Å²) in [5, 5.41) is 23.4. The maximum atomic E-state index is 11.2. The first kappa shape index (κ1) is 14.3. The summed E-state index contributed by atoms with van der Waals surface area (Å²) in [6.45, 7) is 5.05. The third-order valence-electron chi connectivity index (χ3n) is 3.65. The van der Waals surface area contributed by atoms with Crippen molar-refractivity contribution in [3.05, 3.63) is 33.9 Å². The number of nitro groups is 1. The van der Waals surface area contributed by atoms with Gasteiger partial charge in [-0.25, -0.2) is 0 Å². The van der Waals surface area contributed by atoms with E-state index in [0.29, 0.717) is 5.69 Å². The van der Waals surface area contributed by atoms with Gasteiger partial charge in [0.05, 0.1) is 4.92 Å². The van der Waals surface area contributed by atoms with Crippen molar-refractivity contribution in [3.8, 4) is 6.07 Å². The van der Waals surface area contributed by atoms with Crippen molar-refractivity contribution in [2.45, 2.75) is 25.8 Å². The average Bonchev–Trinajstić information content (AvgIpc) is 2.46. The highest BCUT2D eigenvalue weighted by atomic mass is 16.6. The molecule has 0 saturated carbocycles. The van der Waals surface area contributed by atoms with Crippen LogP contribution in [-0.2, 0) is 0 Å². The van der Waals surface area contributed by atoms with Crippen LogP contribution in [0.15, 0.2) is 18.2 Å². The van der Waals surface area contributed by atoms with E-state index < -0.39 is 4.92 Å². The van der Waals surface area contributed by atoms with E-state index in [1.807, 2.05) is 6.07 Å². The molecule has 6 heteroatoms. The molecule has 0 amide bonds. The fourth-order valence-corrected chi connectivity index (χ4v) is 2.63. The normalized spacial score (nSPS) is 19.3. The van der Waals surface area contributed by atoms with Crippen LogP contribution >= 0.6 is 0 Å². The Morgan fingerprint density at radius 2 is 2.40 bits per heavy atom.